The quantitative estimate of drug-likeness (QED) is 0.748. The summed E-state index contributed by atoms with van der Waals surface area (Å²) in [6, 6.07) is 11.2. The molecule has 128 valence electrons. The second kappa shape index (κ2) is 7.57. The number of aromatic nitrogens is 4. The van der Waals surface area contributed by atoms with Crippen molar-refractivity contribution in [3.63, 3.8) is 0 Å². The summed E-state index contributed by atoms with van der Waals surface area (Å²) in [6.45, 7) is 4.17. The Morgan fingerprint density at radius 1 is 1.24 bits per heavy atom. The molecule has 0 aliphatic carbocycles. The van der Waals surface area contributed by atoms with Gasteiger partial charge in [0.25, 0.3) is 5.91 Å². The second-order valence-electron chi connectivity index (χ2n) is 5.78. The van der Waals surface area contributed by atoms with Crippen molar-refractivity contribution in [3.8, 4) is 11.6 Å². The summed E-state index contributed by atoms with van der Waals surface area (Å²) in [5.41, 5.74) is 1.77. The maximum atomic E-state index is 12.2. The number of ether oxygens (including phenoxy) is 1. The number of pyridine rings is 1. The molecule has 0 bridgehead atoms. The van der Waals surface area contributed by atoms with Gasteiger partial charge in [-0.15, -0.1) is 0 Å². The molecule has 2 heterocycles. The molecular weight excluding hydrogens is 318 g/mol. The van der Waals surface area contributed by atoms with E-state index in [-0.39, 0.29) is 12.5 Å². The van der Waals surface area contributed by atoms with Crippen LogP contribution in [0.1, 0.15) is 25.3 Å². The van der Waals surface area contributed by atoms with Crippen molar-refractivity contribution in [3.05, 3.63) is 60.8 Å². The third kappa shape index (κ3) is 4.20. The van der Waals surface area contributed by atoms with E-state index in [1.165, 1.54) is 22.9 Å². The lowest BCUT2D eigenvalue weighted by atomic mass is 10.0. The smallest absolute Gasteiger partial charge is 0.262 e. The molecule has 0 spiro atoms. The van der Waals surface area contributed by atoms with Crippen LogP contribution in [-0.4, -0.2) is 32.3 Å². The van der Waals surface area contributed by atoms with Gasteiger partial charge in [-0.2, -0.15) is 5.10 Å². The van der Waals surface area contributed by atoms with Gasteiger partial charge in [0.15, 0.2) is 12.4 Å². The fraction of sp³-hybridized carbons (Fsp3) is 0.222. The molecule has 0 saturated carbocycles. The van der Waals surface area contributed by atoms with E-state index < -0.39 is 0 Å². The first kappa shape index (κ1) is 16.6. The van der Waals surface area contributed by atoms with Crippen LogP contribution in [0, 0.1) is 0 Å². The molecule has 25 heavy (non-hydrogen) atoms. The first-order valence-electron chi connectivity index (χ1n) is 7.96. The van der Waals surface area contributed by atoms with Crippen LogP contribution in [0.4, 0.5) is 5.69 Å². The highest BCUT2D eigenvalue weighted by Crippen LogP contribution is 2.19. The minimum Gasteiger partial charge on any atom is -0.484 e. The molecule has 1 N–H and O–H groups in total. The van der Waals surface area contributed by atoms with Gasteiger partial charge in [-0.25, -0.2) is 14.6 Å². The summed E-state index contributed by atoms with van der Waals surface area (Å²) >= 11 is 0. The van der Waals surface area contributed by atoms with E-state index in [9.17, 15) is 4.79 Å². The highest BCUT2D eigenvalue weighted by Gasteiger charge is 2.10. The van der Waals surface area contributed by atoms with E-state index in [1.807, 2.05) is 24.3 Å². The Balaban J connectivity index is 1.62. The lowest BCUT2D eigenvalue weighted by molar-refractivity contribution is -0.118. The van der Waals surface area contributed by atoms with Gasteiger partial charge < -0.3 is 10.1 Å². The Morgan fingerprint density at radius 2 is 2.04 bits per heavy atom. The molecule has 7 nitrogen and oxygen atoms in total. The Morgan fingerprint density at radius 3 is 2.72 bits per heavy atom. The van der Waals surface area contributed by atoms with Gasteiger partial charge in [0.2, 0.25) is 0 Å². The predicted octanol–water partition coefficient (Wildman–Crippen LogP) is 2.80. The highest BCUT2D eigenvalue weighted by molar-refractivity contribution is 5.93. The maximum Gasteiger partial charge on any atom is 0.262 e. The fourth-order valence-electron chi connectivity index (χ4n) is 2.28. The molecule has 0 unspecified atom stereocenters. The zero-order valence-electron chi connectivity index (χ0n) is 14.1. The third-order valence-electron chi connectivity index (χ3n) is 3.61. The minimum atomic E-state index is -0.276. The monoisotopic (exact) mass is 337 g/mol. The van der Waals surface area contributed by atoms with E-state index in [0.717, 1.165) is 0 Å². The molecule has 0 saturated heterocycles. The highest BCUT2D eigenvalue weighted by atomic mass is 16.5. The first-order chi connectivity index (χ1) is 12.1. The van der Waals surface area contributed by atoms with Crippen molar-refractivity contribution in [2.24, 2.45) is 0 Å². The number of anilines is 1. The van der Waals surface area contributed by atoms with Crippen LogP contribution >= 0.6 is 0 Å². The number of hydrogen-bond donors (Lipinski definition) is 1. The summed E-state index contributed by atoms with van der Waals surface area (Å²) in [7, 11) is 0. The van der Waals surface area contributed by atoms with Gasteiger partial charge >= 0.3 is 0 Å². The van der Waals surface area contributed by atoms with Gasteiger partial charge in [0.05, 0.1) is 5.69 Å². The zero-order valence-corrected chi connectivity index (χ0v) is 14.1. The van der Waals surface area contributed by atoms with Gasteiger partial charge in [-0.05, 0) is 35.7 Å². The topological polar surface area (TPSA) is 81.9 Å². The predicted molar refractivity (Wildman–Crippen MR) is 93.8 cm³/mol. The summed E-state index contributed by atoms with van der Waals surface area (Å²) in [5.74, 6) is 1.33. The lowest BCUT2D eigenvalue weighted by Gasteiger charge is -2.11. The normalized spacial score (nSPS) is 10.7. The molecule has 3 rings (SSSR count). The van der Waals surface area contributed by atoms with E-state index in [1.54, 1.807) is 18.3 Å². The number of hydrogen-bond acceptors (Lipinski definition) is 5. The van der Waals surface area contributed by atoms with Gasteiger partial charge in [-0.3, -0.25) is 4.79 Å². The van der Waals surface area contributed by atoms with Crippen LogP contribution in [0.25, 0.3) is 5.82 Å². The van der Waals surface area contributed by atoms with Crippen LogP contribution in [0.15, 0.2) is 55.2 Å². The van der Waals surface area contributed by atoms with Crippen LogP contribution in [0.5, 0.6) is 5.75 Å². The number of nitrogens with zero attached hydrogens (tertiary/aromatic N) is 4. The second-order valence-corrected chi connectivity index (χ2v) is 5.78. The van der Waals surface area contributed by atoms with E-state index in [2.05, 4.69) is 34.2 Å². The van der Waals surface area contributed by atoms with Gasteiger partial charge in [0, 0.05) is 6.20 Å². The number of carbonyl (C=O) groups is 1. The molecule has 1 aromatic carbocycles. The molecule has 0 fully saturated rings. The zero-order chi connectivity index (χ0) is 17.6. The average Bonchev–Trinajstić information content (AvgIpc) is 3.15. The number of rotatable bonds is 6. The molecule has 0 radical (unpaired) electrons. The molecule has 0 aliphatic heterocycles. The Labute approximate surface area is 145 Å². The summed E-state index contributed by atoms with van der Waals surface area (Å²) < 4.78 is 7.03. The fourth-order valence-corrected chi connectivity index (χ4v) is 2.28. The number of carbonyl (C=O) groups excluding carboxylic acids is 1. The SMILES string of the molecule is CC(C)c1ccc(OCC(=O)Nc2cccnc2-n2cncn2)cc1. The van der Waals surface area contributed by atoms with Crippen molar-refractivity contribution < 1.29 is 9.53 Å². The van der Waals surface area contributed by atoms with Crippen molar-refractivity contribution in [2.75, 3.05) is 11.9 Å². The van der Waals surface area contributed by atoms with E-state index >= 15 is 0 Å². The maximum absolute atomic E-state index is 12.2. The molecule has 0 atom stereocenters. The summed E-state index contributed by atoms with van der Waals surface area (Å²) in [5, 5.41) is 6.81. The molecule has 3 aromatic rings. The average molecular weight is 337 g/mol. The number of amides is 1. The van der Waals surface area contributed by atoms with Crippen molar-refractivity contribution in [2.45, 2.75) is 19.8 Å². The third-order valence-corrected chi connectivity index (χ3v) is 3.61. The van der Waals surface area contributed by atoms with Gasteiger partial charge in [0.1, 0.15) is 18.4 Å². The Kier molecular flexibility index (Phi) is 5.03. The van der Waals surface area contributed by atoms with Crippen LogP contribution in [0.3, 0.4) is 0 Å². The lowest BCUT2D eigenvalue weighted by Crippen LogP contribution is -2.21. The molecule has 7 heteroatoms. The molecule has 0 aliphatic rings. The number of nitrogens with one attached hydrogen (secondary N) is 1. The molecule has 2 aromatic heterocycles. The van der Waals surface area contributed by atoms with Crippen molar-refractivity contribution in [1.29, 1.82) is 0 Å². The Bertz CT molecular complexity index is 829. The summed E-state index contributed by atoms with van der Waals surface area (Å²) in [4.78, 5) is 20.3. The Hall–Kier alpha value is -3.22. The van der Waals surface area contributed by atoms with E-state index in [4.69, 9.17) is 4.74 Å². The molecular formula is C18H19N5O2. The van der Waals surface area contributed by atoms with Crippen LogP contribution in [-0.2, 0) is 4.79 Å². The van der Waals surface area contributed by atoms with Crippen molar-refractivity contribution >= 4 is 11.6 Å². The van der Waals surface area contributed by atoms with Crippen molar-refractivity contribution in [1.82, 2.24) is 19.7 Å². The van der Waals surface area contributed by atoms with Crippen LogP contribution < -0.4 is 10.1 Å². The molecule has 1 amide bonds. The van der Waals surface area contributed by atoms with E-state index in [0.29, 0.717) is 23.2 Å². The van der Waals surface area contributed by atoms with Crippen LogP contribution in [0.2, 0.25) is 0 Å². The summed E-state index contributed by atoms with van der Waals surface area (Å²) in [6.07, 6.45) is 4.55. The number of benzene rings is 1. The first-order valence-corrected chi connectivity index (χ1v) is 7.96. The minimum absolute atomic E-state index is 0.0906. The van der Waals surface area contributed by atoms with Gasteiger partial charge in [-0.1, -0.05) is 26.0 Å². The standard InChI is InChI=1S/C18H19N5O2/c1-13(2)14-5-7-15(8-6-14)25-10-17(24)22-16-4-3-9-20-18(16)23-12-19-11-21-23/h3-9,11-13H,10H2,1-2H3,(H,22,24). The largest absolute Gasteiger partial charge is 0.484 e.